The zero-order valence-electron chi connectivity index (χ0n) is 10.7. The van der Waals surface area contributed by atoms with Gasteiger partial charge in [-0.3, -0.25) is 4.79 Å². The van der Waals surface area contributed by atoms with Crippen molar-refractivity contribution in [3.05, 3.63) is 64.6 Å². The number of hydrogen-bond donors (Lipinski definition) is 1. The Morgan fingerprint density at radius 3 is 2.45 bits per heavy atom. The summed E-state index contributed by atoms with van der Waals surface area (Å²) in [5, 5.41) is 8.84. The molecule has 20 heavy (non-hydrogen) atoms. The van der Waals surface area contributed by atoms with Crippen LogP contribution in [0.3, 0.4) is 0 Å². The predicted molar refractivity (Wildman–Crippen MR) is 72.0 cm³/mol. The molecule has 0 saturated heterocycles. The van der Waals surface area contributed by atoms with Crippen LogP contribution in [0.2, 0.25) is 0 Å². The Kier molecular flexibility index (Phi) is 8.53. The van der Waals surface area contributed by atoms with Crippen molar-refractivity contribution in [1.29, 1.82) is 0 Å². The number of hydrogen-bond acceptors (Lipinski definition) is 6. The number of rotatable bonds is 1. The van der Waals surface area contributed by atoms with Crippen molar-refractivity contribution in [3.8, 4) is 0 Å². The lowest BCUT2D eigenvalue weighted by molar-refractivity contribution is -0.135. The van der Waals surface area contributed by atoms with E-state index in [1.54, 1.807) is 12.1 Å². The maximum atomic E-state index is 10.7. The van der Waals surface area contributed by atoms with Crippen LogP contribution in [0.5, 0.6) is 0 Å². The minimum Gasteiger partial charge on any atom is -0.435 e. The number of ether oxygens (including phenoxy) is 1. The minimum absolute atomic E-state index is 0.302. The van der Waals surface area contributed by atoms with Crippen molar-refractivity contribution in [1.82, 2.24) is 0 Å². The number of nitrogens with zero attached hydrogens (tertiary/aromatic N) is 1. The van der Waals surface area contributed by atoms with Crippen molar-refractivity contribution in [3.63, 3.8) is 0 Å². The molecule has 0 aliphatic rings. The van der Waals surface area contributed by atoms with Gasteiger partial charge in [-0.1, -0.05) is 24.8 Å². The molecule has 2 aromatic rings. The Morgan fingerprint density at radius 2 is 1.95 bits per heavy atom. The maximum Gasteiger partial charge on any atom is 0.336 e. The Labute approximate surface area is 114 Å². The van der Waals surface area contributed by atoms with E-state index in [1.165, 1.54) is 18.3 Å². The van der Waals surface area contributed by atoms with Gasteiger partial charge in [0.2, 0.25) is 0 Å². The molecule has 0 bridgehead atoms. The Balaban J connectivity index is 0.000000344. The monoisotopic (exact) mass is 279 g/mol. The summed E-state index contributed by atoms with van der Waals surface area (Å²) >= 11 is 0. The van der Waals surface area contributed by atoms with Crippen molar-refractivity contribution in [2.75, 3.05) is 0 Å². The molecule has 0 radical (unpaired) electrons. The van der Waals surface area contributed by atoms with E-state index in [0.717, 1.165) is 11.6 Å². The Morgan fingerprint density at radius 1 is 1.35 bits per heavy atom. The summed E-state index contributed by atoms with van der Waals surface area (Å²) in [6.07, 6.45) is 1.10. The molecule has 0 aliphatic heterocycles. The van der Waals surface area contributed by atoms with Gasteiger partial charge in [0.15, 0.2) is 5.34 Å². The summed E-state index contributed by atoms with van der Waals surface area (Å²) in [7, 11) is 0. The summed E-state index contributed by atoms with van der Waals surface area (Å²) < 4.78 is 9.07. The molecule has 7 heteroatoms. The molecule has 0 saturated carbocycles. The molecule has 1 aromatic heterocycles. The number of benzene rings is 1. The largest absolute Gasteiger partial charge is 0.435 e. The number of carbonyl (C=O) groups excluding carboxylic acids is 1. The molecule has 1 heterocycles. The van der Waals surface area contributed by atoms with Crippen LogP contribution in [0.4, 0.5) is 0 Å². The highest BCUT2D eigenvalue weighted by Crippen LogP contribution is 2.08. The van der Waals surface area contributed by atoms with E-state index in [0.29, 0.717) is 5.58 Å². The van der Waals surface area contributed by atoms with Gasteiger partial charge in [-0.15, -0.1) is 4.91 Å². The van der Waals surface area contributed by atoms with Crippen molar-refractivity contribution in [2.24, 2.45) is 5.34 Å². The molecule has 1 N–H and O–H groups in total. The highest BCUT2D eigenvalue weighted by Gasteiger charge is 1.92. The van der Waals surface area contributed by atoms with Crippen molar-refractivity contribution < 1.29 is 19.2 Å². The van der Waals surface area contributed by atoms with Gasteiger partial charge in [0.25, 0.3) is 0 Å². The average molecular weight is 279 g/mol. The highest BCUT2D eigenvalue weighted by molar-refractivity contribution is 5.75. The van der Waals surface area contributed by atoms with Crippen LogP contribution in [-0.4, -0.2) is 11.2 Å². The van der Waals surface area contributed by atoms with Crippen LogP contribution in [0.15, 0.2) is 63.8 Å². The summed E-state index contributed by atoms with van der Waals surface area (Å²) in [5.41, 5.74) is 0.337. The van der Waals surface area contributed by atoms with Gasteiger partial charge in [0.1, 0.15) is 5.58 Å². The van der Waals surface area contributed by atoms with E-state index < -0.39 is 0 Å². The second-order valence-corrected chi connectivity index (χ2v) is 3.15. The fraction of sp³-hybridized carbons (Fsp3) is 0.0769. The molecular formula is C13H13NO6. The van der Waals surface area contributed by atoms with Gasteiger partial charge in [0.05, 0.1) is 6.26 Å². The first-order valence-corrected chi connectivity index (χ1v) is 5.29. The SMILES string of the molecule is C=COC(C)=O.O=NO.O=c1ccc2ccccc2o1. The van der Waals surface area contributed by atoms with Gasteiger partial charge < -0.3 is 14.4 Å². The number of carbonyl (C=O) groups is 1. The molecule has 0 atom stereocenters. The third-order valence-corrected chi connectivity index (χ3v) is 1.78. The summed E-state index contributed by atoms with van der Waals surface area (Å²) in [6.45, 7) is 4.48. The molecule has 0 amide bonds. The van der Waals surface area contributed by atoms with E-state index in [4.69, 9.17) is 14.5 Å². The minimum atomic E-state index is -0.329. The normalized spacial score (nSPS) is 8.25. The van der Waals surface area contributed by atoms with Crippen LogP contribution in [0.25, 0.3) is 11.0 Å². The smallest absolute Gasteiger partial charge is 0.336 e. The highest BCUT2D eigenvalue weighted by atomic mass is 16.6. The van der Waals surface area contributed by atoms with E-state index in [1.807, 2.05) is 18.2 Å². The topological polar surface area (TPSA) is 106 Å². The van der Waals surface area contributed by atoms with Gasteiger partial charge in [-0.2, -0.15) is 0 Å². The standard InChI is InChI=1S/C9H6O2.C4H6O2.HNO2/c10-9-6-5-7-3-1-2-4-8(7)11-9;1-3-6-4(2)5;2-1-3/h1-6H;3H,1H2,2H3;(H,2,3). The Hall–Kier alpha value is -2.96. The second-order valence-electron chi connectivity index (χ2n) is 3.15. The lowest BCUT2D eigenvalue weighted by atomic mass is 10.2. The third-order valence-electron chi connectivity index (χ3n) is 1.78. The summed E-state index contributed by atoms with van der Waals surface area (Å²) in [4.78, 5) is 28.6. The number of esters is 1. The third kappa shape index (κ3) is 7.38. The molecule has 0 unspecified atom stereocenters. The maximum absolute atomic E-state index is 10.7. The molecule has 2 rings (SSSR count). The van der Waals surface area contributed by atoms with Crippen LogP contribution in [-0.2, 0) is 9.53 Å². The first-order chi connectivity index (χ1) is 9.54. The molecule has 1 aromatic carbocycles. The summed E-state index contributed by atoms with van der Waals surface area (Å²) in [6, 6.07) is 10.6. The molecule has 7 nitrogen and oxygen atoms in total. The summed E-state index contributed by atoms with van der Waals surface area (Å²) in [5.74, 6) is -0.329. The first kappa shape index (κ1) is 17.0. The van der Waals surface area contributed by atoms with E-state index >= 15 is 0 Å². The van der Waals surface area contributed by atoms with Crippen molar-refractivity contribution >= 4 is 16.9 Å². The molecule has 0 fully saturated rings. The predicted octanol–water partition coefficient (Wildman–Crippen LogP) is 2.63. The number of fused-ring (bicyclic) bond motifs is 1. The van der Waals surface area contributed by atoms with Gasteiger partial charge in [-0.05, 0) is 12.1 Å². The molecular weight excluding hydrogens is 266 g/mol. The average Bonchev–Trinajstić information content (AvgIpc) is 2.40. The van der Waals surface area contributed by atoms with Gasteiger partial charge in [0, 0.05) is 18.4 Å². The van der Waals surface area contributed by atoms with E-state index in [-0.39, 0.29) is 11.6 Å². The van der Waals surface area contributed by atoms with Gasteiger partial charge in [-0.25, -0.2) is 4.79 Å². The zero-order chi connectivity index (χ0) is 15.4. The van der Waals surface area contributed by atoms with Crippen LogP contribution in [0, 0.1) is 4.91 Å². The first-order valence-electron chi connectivity index (χ1n) is 5.29. The number of para-hydroxylation sites is 1. The fourth-order valence-corrected chi connectivity index (χ4v) is 1.13. The van der Waals surface area contributed by atoms with Crippen LogP contribution >= 0.6 is 0 Å². The van der Waals surface area contributed by atoms with E-state index in [9.17, 15) is 9.59 Å². The molecule has 106 valence electrons. The van der Waals surface area contributed by atoms with Crippen LogP contribution in [0.1, 0.15) is 6.92 Å². The molecule has 0 spiro atoms. The lowest BCUT2D eigenvalue weighted by Gasteiger charge is -1.91. The lowest BCUT2D eigenvalue weighted by Crippen LogP contribution is -1.93. The fourth-order valence-electron chi connectivity index (χ4n) is 1.13. The molecule has 0 aliphatic carbocycles. The zero-order valence-corrected chi connectivity index (χ0v) is 10.7. The van der Waals surface area contributed by atoms with Gasteiger partial charge >= 0.3 is 11.6 Å². The Bertz CT molecular complexity index is 619. The van der Waals surface area contributed by atoms with Crippen molar-refractivity contribution in [2.45, 2.75) is 6.92 Å². The van der Waals surface area contributed by atoms with E-state index in [2.05, 4.69) is 11.3 Å². The second kappa shape index (κ2) is 10.0. The quantitative estimate of drug-likeness (QED) is 0.283. The van der Waals surface area contributed by atoms with Crippen LogP contribution < -0.4 is 5.63 Å².